The van der Waals surface area contributed by atoms with Gasteiger partial charge >= 0.3 is 12.6 Å². The highest BCUT2D eigenvalue weighted by atomic mass is 19.3. The molecule has 0 amide bonds. The normalized spacial score (nSPS) is 13.2. The lowest BCUT2D eigenvalue weighted by atomic mass is 10.1. The van der Waals surface area contributed by atoms with Crippen molar-refractivity contribution in [3.63, 3.8) is 0 Å². The van der Waals surface area contributed by atoms with Crippen molar-refractivity contribution in [1.82, 2.24) is 4.57 Å². The molecule has 0 unspecified atom stereocenters. The van der Waals surface area contributed by atoms with Crippen LogP contribution in [0.1, 0.15) is 28.9 Å². The summed E-state index contributed by atoms with van der Waals surface area (Å²) in [6.07, 6.45) is 6.62. The summed E-state index contributed by atoms with van der Waals surface area (Å²) < 4.78 is 43.1. The van der Waals surface area contributed by atoms with Crippen LogP contribution in [-0.4, -0.2) is 30.9 Å². The number of hydrogen-bond donors (Lipinski definition) is 0. The molecule has 1 aliphatic rings. The smallest absolute Gasteiger partial charge is 0.387 e. The van der Waals surface area contributed by atoms with Crippen molar-refractivity contribution in [2.24, 2.45) is 5.92 Å². The SMILES string of the molecule is COC(=O)c1cc(-c2ccc[n+]([O-])c2)cn1Cc1ccc(OC(F)F)c(OCC2CC2)c1. The number of carbonyl (C=O) groups excluding carboxylic acids is 1. The van der Waals surface area contributed by atoms with E-state index in [2.05, 4.69) is 4.74 Å². The first-order valence-corrected chi connectivity index (χ1v) is 10.1. The van der Waals surface area contributed by atoms with E-state index >= 15 is 0 Å². The molecule has 0 aliphatic heterocycles. The largest absolute Gasteiger partial charge is 0.619 e. The maximum absolute atomic E-state index is 12.8. The lowest BCUT2D eigenvalue weighted by molar-refractivity contribution is -0.604. The quantitative estimate of drug-likeness (QED) is 0.283. The fraction of sp³-hybridized carbons (Fsp3) is 0.304. The lowest BCUT2D eigenvalue weighted by Gasteiger charge is -2.14. The minimum Gasteiger partial charge on any atom is -0.619 e. The van der Waals surface area contributed by atoms with Gasteiger partial charge in [0, 0.05) is 29.9 Å². The Morgan fingerprint density at radius 3 is 2.72 bits per heavy atom. The first kappa shape index (κ1) is 21.6. The molecule has 3 aromatic rings. The fourth-order valence-electron chi connectivity index (χ4n) is 3.35. The van der Waals surface area contributed by atoms with Gasteiger partial charge < -0.3 is 24.0 Å². The summed E-state index contributed by atoms with van der Waals surface area (Å²) in [7, 11) is 1.29. The van der Waals surface area contributed by atoms with Gasteiger partial charge in [-0.1, -0.05) is 6.07 Å². The Morgan fingerprint density at radius 1 is 1.22 bits per heavy atom. The van der Waals surface area contributed by atoms with Crippen molar-refractivity contribution >= 4 is 5.97 Å². The summed E-state index contributed by atoms with van der Waals surface area (Å²) in [6, 6.07) is 9.72. The van der Waals surface area contributed by atoms with E-state index in [9.17, 15) is 18.8 Å². The maximum atomic E-state index is 12.8. The van der Waals surface area contributed by atoms with E-state index in [1.165, 1.54) is 25.6 Å². The molecular formula is C23H22F2N2O5. The number of methoxy groups -OCH3 is 1. The number of ether oxygens (including phenoxy) is 3. The summed E-state index contributed by atoms with van der Waals surface area (Å²) in [4.78, 5) is 12.3. The van der Waals surface area contributed by atoms with Crippen LogP contribution in [-0.2, 0) is 11.3 Å². The van der Waals surface area contributed by atoms with Crippen LogP contribution >= 0.6 is 0 Å². The molecule has 168 valence electrons. The predicted molar refractivity (Wildman–Crippen MR) is 111 cm³/mol. The summed E-state index contributed by atoms with van der Waals surface area (Å²) in [6.45, 7) is -2.27. The molecule has 1 fully saturated rings. The molecule has 0 radical (unpaired) electrons. The van der Waals surface area contributed by atoms with E-state index in [4.69, 9.17) is 9.47 Å². The Labute approximate surface area is 183 Å². The summed E-state index contributed by atoms with van der Waals surface area (Å²) in [5, 5.41) is 11.6. The second-order valence-corrected chi connectivity index (χ2v) is 7.60. The van der Waals surface area contributed by atoms with Crippen molar-refractivity contribution in [3.05, 3.63) is 71.5 Å². The van der Waals surface area contributed by atoms with Crippen LogP contribution in [0.3, 0.4) is 0 Å². The van der Waals surface area contributed by atoms with Crippen LogP contribution in [0.25, 0.3) is 11.1 Å². The highest BCUT2D eigenvalue weighted by Gasteiger charge is 2.23. The molecular weight excluding hydrogens is 422 g/mol. The monoisotopic (exact) mass is 444 g/mol. The Hall–Kier alpha value is -3.62. The van der Waals surface area contributed by atoms with Gasteiger partial charge in [0.05, 0.1) is 13.7 Å². The molecule has 1 saturated carbocycles. The average molecular weight is 444 g/mol. The first-order valence-electron chi connectivity index (χ1n) is 10.1. The van der Waals surface area contributed by atoms with E-state index in [1.807, 2.05) is 0 Å². The average Bonchev–Trinajstić information content (AvgIpc) is 3.51. The van der Waals surface area contributed by atoms with Crippen molar-refractivity contribution in [1.29, 1.82) is 0 Å². The van der Waals surface area contributed by atoms with Crippen LogP contribution in [0.15, 0.2) is 55.0 Å². The van der Waals surface area contributed by atoms with Crippen molar-refractivity contribution in [3.8, 4) is 22.6 Å². The van der Waals surface area contributed by atoms with E-state index in [0.717, 1.165) is 18.4 Å². The van der Waals surface area contributed by atoms with Gasteiger partial charge in [-0.3, -0.25) is 0 Å². The molecule has 2 aromatic heterocycles. The van der Waals surface area contributed by atoms with Crippen molar-refractivity contribution in [2.45, 2.75) is 26.0 Å². The molecule has 7 nitrogen and oxygen atoms in total. The second-order valence-electron chi connectivity index (χ2n) is 7.60. The van der Waals surface area contributed by atoms with E-state index in [0.29, 0.717) is 28.4 Å². The van der Waals surface area contributed by atoms with Crippen LogP contribution < -0.4 is 14.2 Å². The second kappa shape index (κ2) is 9.25. The third kappa shape index (κ3) is 5.16. The third-order valence-electron chi connectivity index (χ3n) is 5.15. The lowest BCUT2D eigenvalue weighted by Crippen LogP contribution is -2.23. The van der Waals surface area contributed by atoms with Crippen molar-refractivity contribution < 1.29 is 32.5 Å². The molecule has 1 aromatic carbocycles. The third-order valence-corrected chi connectivity index (χ3v) is 5.15. The number of carbonyl (C=O) groups is 1. The zero-order valence-corrected chi connectivity index (χ0v) is 17.4. The summed E-state index contributed by atoms with van der Waals surface area (Å²) in [5.41, 5.74) is 2.31. The Bertz CT molecular complexity index is 1110. The summed E-state index contributed by atoms with van der Waals surface area (Å²) >= 11 is 0. The van der Waals surface area contributed by atoms with E-state index in [-0.39, 0.29) is 23.7 Å². The first-order chi connectivity index (χ1) is 15.4. The number of pyridine rings is 1. The number of aromatic nitrogens is 2. The predicted octanol–water partition coefficient (Wildman–Crippen LogP) is 4.01. The molecule has 9 heteroatoms. The number of benzene rings is 1. The topological polar surface area (TPSA) is 76.6 Å². The van der Waals surface area contributed by atoms with Gasteiger partial charge in [0.15, 0.2) is 23.9 Å². The molecule has 1 aliphatic carbocycles. The number of alkyl halides is 2. The molecule has 4 rings (SSSR count). The fourth-order valence-corrected chi connectivity index (χ4v) is 3.35. The Morgan fingerprint density at radius 2 is 2.03 bits per heavy atom. The van der Waals surface area contributed by atoms with E-state index in [1.54, 1.807) is 41.1 Å². The molecule has 0 saturated heterocycles. The van der Waals surface area contributed by atoms with Crippen LogP contribution in [0, 0.1) is 11.1 Å². The summed E-state index contributed by atoms with van der Waals surface area (Å²) in [5.74, 6) is 0.0999. The highest BCUT2D eigenvalue weighted by molar-refractivity contribution is 5.89. The van der Waals surface area contributed by atoms with E-state index < -0.39 is 12.6 Å². The number of rotatable bonds is 9. The molecule has 0 spiro atoms. The highest BCUT2D eigenvalue weighted by Crippen LogP contribution is 2.34. The van der Waals surface area contributed by atoms with Crippen LogP contribution in [0.2, 0.25) is 0 Å². The minimum atomic E-state index is -2.96. The Kier molecular flexibility index (Phi) is 6.25. The molecule has 2 heterocycles. The van der Waals surface area contributed by atoms with Gasteiger partial charge in [-0.05, 0) is 48.6 Å². The van der Waals surface area contributed by atoms with Crippen molar-refractivity contribution in [2.75, 3.05) is 13.7 Å². The van der Waals surface area contributed by atoms with Gasteiger partial charge in [-0.25, -0.2) is 4.79 Å². The Balaban J connectivity index is 1.64. The molecule has 0 atom stereocenters. The van der Waals surface area contributed by atoms with Crippen LogP contribution in [0.4, 0.5) is 8.78 Å². The van der Waals surface area contributed by atoms with Crippen LogP contribution in [0.5, 0.6) is 11.5 Å². The van der Waals surface area contributed by atoms with Gasteiger partial charge in [-0.15, -0.1) is 0 Å². The van der Waals surface area contributed by atoms with Gasteiger partial charge in [-0.2, -0.15) is 13.5 Å². The molecule has 0 bridgehead atoms. The number of esters is 1. The van der Waals surface area contributed by atoms with Gasteiger partial charge in [0.2, 0.25) is 0 Å². The van der Waals surface area contributed by atoms with Gasteiger partial charge in [0.1, 0.15) is 5.69 Å². The standard InChI is InChI=1S/C23H22F2N2O5/c1-30-22(28)19-10-18(17-3-2-8-27(29)13-17)12-26(19)11-16-6-7-20(32-23(24)25)21(9-16)31-14-15-4-5-15/h2-3,6-10,12-13,15,23H,4-5,11,14H2,1H3. The zero-order valence-electron chi connectivity index (χ0n) is 17.4. The molecule has 0 N–H and O–H groups in total. The minimum absolute atomic E-state index is 0.0323. The molecule has 32 heavy (non-hydrogen) atoms. The maximum Gasteiger partial charge on any atom is 0.387 e. The number of hydrogen-bond acceptors (Lipinski definition) is 5. The van der Waals surface area contributed by atoms with Gasteiger partial charge in [0.25, 0.3) is 0 Å². The zero-order chi connectivity index (χ0) is 22.7. The number of halogens is 2. The number of nitrogens with zero attached hydrogens (tertiary/aromatic N) is 2.